The van der Waals surface area contributed by atoms with Crippen LogP contribution >= 0.6 is 11.3 Å². The first-order chi connectivity index (χ1) is 9.65. The van der Waals surface area contributed by atoms with Gasteiger partial charge in [-0.1, -0.05) is 0 Å². The second kappa shape index (κ2) is 5.09. The van der Waals surface area contributed by atoms with Gasteiger partial charge in [-0.05, 0) is 19.9 Å². The summed E-state index contributed by atoms with van der Waals surface area (Å²) in [6.45, 7) is 4.90. The first kappa shape index (κ1) is 12.9. The molecule has 0 bridgehead atoms. The summed E-state index contributed by atoms with van der Waals surface area (Å²) in [4.78, 5) is 11.3. The maximum Gasteiger partial charge on any atom is 0.226 e. The molecule has 3 heterocycles. The van der Waals surface area contributed by atoms with Gasteiger partial charge in [-0.25, -0.2) is 4.98 Å². The number of nitrogens with one attached hydrogen (secondary N) is 2. The van der Waals surface area contributed by atoms with Crippen LogP contribution in [0.1, 0.15) is 11.8 Å². The molecule has 0 amide bonds. The van der Waals surface area contributed by atoms with Gasteiger partial charge in [0.2, 0.25) is 5.95 Å². The topological polar surface area (TPSA) is 67.7 Å². The Bertz CT molecular complexity index is 744. The zero-order chi connectivity index (χ0) is 14.1. The molecule has 2 N–H and O–H groups in total. The number of nitrogens with zero attached hydrogens (tertiary/aromatic N) is 4. The van der Waals surface area contributed by atoms with Gasteiger partial charge in [0.15, 0.2) is 0 Å². The second-order valence-electron chi connectivity index (χ2n) is 4.53. The van der Waals surface area contributed by atoms with E-state index in [4.69, 9.17) is 0 Å². The molecule has 20 heavy (non-hydrogen) atoms. The Morgan fingerprint density at radius 3 is 2.90 bits per heavy atom. The fraction of sp³-hybridized carbons (Fsp3) is 0.308. The van der Waals surface area contributed by atoms with Gasteiger partial charge in [-0.3, -0.25) is 4.68 Å². The molecule has 0 aliphatic carbocycles. The van der Waals surface area contributed by atoms with Crippen LogP contribution in [0.4, 0.5) is 17.5 Å². The number of thiophene rings is 1. The molecular weight excluding hydrogens is 272 g/mol. The molecule has 7 heteroatoms. The summed E-state index contributed by atoms with van der Waals surface area (Å²) in [5.41, 5.74) is 0.916. The van der Waals surface area contributed by atoms with Gasteiger partial charge in [-0.2, -0.15) is 10.1 Å². The normalized spacial score (nSPS) is 10.9. The Kier molecular flexibility index (Phi) is 3.27. The summed E-state index contributed by atoms with van der Waals surface area (Å²) in [6, 6.07) is 2.11. The highest BCUT2D eigenvalue weighted by molar-refractivity contribution is 7.18. The molecule has 3 rings (SSSR count). The van der Waals surface area contributed by atoms with Crippen LogP contribution in [-0.4, -0.2) is 26.3 Å². The first-order valence-corrected chi connectivity index (χ1v) is 7.25. The number of anilines is 3. The molecule has 0 aromatic carbocycles. The van der Waals surface area contributed by atoms with Crippen LogP contribution in [0, 0.1) is 6.92 Å². The summed E-state index contributed by atoms with van der Waals surface area (Å²) in [5, 5.41) is 11.7. The van der Waals surface area contributed by atoms with E-state index in [0.29, 0.717) is 5.95 Å². The predicted octanol–water partition coefficient (Wildman–Crippen LogP) is 2.91. The number of hydrogen-bond acceptors (Lipinski definition) is 6. The van der Waals surface area contributed by atoms with E-state index in [-0.39, 0.29) is 0 Å². The Balaban J connectivity index is 2.06. The Labute approximate surface area is 120 Å². The highest BCUT2D eigenvalue weighted by Crippen LogP contribution is 2.31. The molecule has 0 unspecified atom stereocenters. The van der Waals surface area contributed by atoms with Crippen molar-refractivity contribution in [1.82, 2.24) is 19.7 Å². The van der Waals surface area contributed by atoms with E-state index in [2.05, 4.69) is 38.7 Å². The summed E-state index contributed by atoms with van der Waals surface area (Å²) in [5.74, 6) is 1.46. The van der Waals surface area contributed by atoms with Crippen molar-refractivity contribution < 1.29 is 0 Å². The van der Waals surface area contributed by atoms with Crippen molar-refractivity contribution in [2.24, 2.45) is 7.05 Å². The zero-order valence-electron chi connectivity index (χ0n) is 11.6. The summed E-state index contributed by atoms with van der Waals surface area (Å²) in [6.07, 6.45) is 3.69. The highest BCUT2D eigenvalue weighted by atomic mass is 32.1. The fourth-order valence-electron chi connectivity index (χ4n) is 2.00. The fourth-order valence-corrected chi connectivity index (χ4v) is 2.88. The van der Waals surface area contributed by atoms with Crippen LogP contribution in [0.5, 0.6) is 0 Å². The SMILES string of the molecule is CCNc1nc(Nc2cnn(C)c2)c2cc(C)sc2n1. The van der Waals surface area contributed by atoms with Crippen molar-refractivity contribution >= 4 is 39.0 Å². The Morgan fingerprint density at radius 2 is 2.20 bits per heavy atom. The van der Waals surface area contributed by atoms with E-state index >= 15 is 0 Å². The maximum absolute atomic E-state index is 4.54. The van der Waals surface area contributed by atoms with Crippen LogP contribution in [-0.2, 0) is 7.05 Å². The summed E-state index contributed by atoms with van der Waals surface area (Å²) in [7, 11) is 1.89. The van der Waals surface area contributed by atoms with E-state index in [1.807, 2.05) is 20.2 Å². The molecule has 6 nitrogen and oxygen atoms in total. The van der Waals surface area contributed by atoms with Gasteiger partial charge >= 0.3 is 0 Å². The van der Waals surface area contributed by atoms with Gasteiger partial charge < -0.3 is 10.6 Å². The Hall–Kier alpha value is -2.15. The minimum atomic E-state index is 0.647. The van der Waals surface area contributed by atoms with Crippen LogP contribution in [0.15, 0.2) is 18.5 Å². The Morgan fingerprint density at radius 1 is 1.35 bits per heavy atom. The smallest absolute Gasteiger partial charge is 0.226 e. The summed E-state index contributed by atoms with van der Waals surface area (Å²) < 4.78 is 1.75. The molecule has 0 radical (unpaired) electrons. The van der Waals surface area contributed by atoms with Crippen LogP contribution in [0.2, 0.25) is 0 Å². The van der Waals surface area contributed by atoms with Crippen LogP contribution in [0.3, 0.4) is 0 Å². The maximum atomic E-state index is 4.54. The van der Waals surface area contributed by atoms with E-state index in [9.17, 15) is 0 Å². The van der Waals surface area contributed by atoms with Crippen molar-refractivity contribution in [2.75, 3.05) is 17.2 Å². The lowest BCUT2D eigenvalue weighted by Gasteiger charge is -2.07. The number of aryl methyl sites for hydroxylation is 2. The van der Waals surface area contributed by atoms with Gasteiger partial charge in [0, 0.05) is 24.7 Å². The van der Waals surface area contributed by atoms with Crippen molar-refractivity contribution in [1.29, 1.82) is 0 Å². The number of rotatable bonds is 4. The largest absolute Gasteiger partial charge is 0.354 e. The molecule has 0 atom stereocenters. The standard InChI is InChI=1S/C13H16N6S/c1-4-14-13-17-11(16-9-6-15-19(3)7-9)10-5-8(2)20-12(10)18-13/h5-7H,4H2,1-3H3,(H2,14,16,17,18). The van der Waals surface area contributed by atoms with Crippen molar-refractivity contribution in [3.8, 4) is 0 Å². The number of aromatic nitrogens is 4. The first-order valence-electron chi connectivity index (χ1n) is 6.43. The van der Waals surface area contributed by atoms with E-state index in [0.717, 1.165) is 28.3 Å². The van der Waals surface area contributed by atoms with E-state index in [1.165, 1.54) is 4.88 Å². The third-order valence-corrected chi connectivity index (χ3v) is 3.76. The van der Waals surface area contributed by atoms with Gasteiger partial charge in [0.1, 0.15) is 10.6 Å². The van der Waals surface area contributed by atoms with Crippen molar-refractivity contribution in [2.45, 2.75) is 13.8 Å². The van der Waals surface area contributed by atoms with E-state index in [1.54, 1.807) is 22.2 Å². The quantitative estimate of drug-likeness (QED) is 0.772. The lowest BCUT2D eigenvalue weighted by molar-refractivity contribution is 0.768. The minimum absolute atomic E-state index is 0.647. The molecule has 0 fully saturated rings. The van der Waals surface area contributed by atoms with E-state index < -0.39 is 0 Å². The predicted molar refractivity (Wildman–Crippen MR) is 82.8 cm³/mol. The highest BCUT2D eigenvalue weighted by Gasteiger charge is 2.11. The lowest BCUT2D eigenvalue weighted by Crippen LogP contribution is -2.04. The zero-order valence-corrected chi connectivity index (χ0v) is 12.5. The minimum Gasteiger partial charge on any atom is -0.354 e. The number of hydrogen-bond donors (Lipinski definition) is 2. The van der Waals surface area contributed by atoms with Crippen molar-refractivity contribution in [3.63, 3.8) is 0 Å². The van der Waals surface area contributed by atoms with Gasteiger partial charge in [0.25, 0.3) is 0 Å². The second-order valence-corrected chi connectivity index (χ2v) is 5.76. The van der Waals surface area contributed by atoms with Crippen LogP contribution < -0.4 is 10.6 Å². The molecule has 0 saturated carbocycles. The molecular formula is C13H16N6S. The monoisotopic (exact) mass is 288 g/mol. The lowest BCUT2D eigenvalue weighted by atomic mass is 10.3. The number of fused-ring (bicyclic) bond motifs is 1. The average Bonchev–Trinajstić information content (AvgIpc) is 2.95. The van der Waals surface area contributed by atoms with Crippen LogP contribution in [0.25, 0.3) is 10.2 Å². The van der Waals surface area contributed by atoms with Gasteiger partial charge in [0.05, 0.1) is 17.3 Å². The van der Waals surface area contributed by atoms with Crippen molar-refractivity contribution in [3.05, 3.63) is 23.3 Å². The molecule has 0 aliphatic heterocycles. The molecule has 0 spiro atoms. The third kappa shape index (κ3) is 2.44. The summed E-state index contributed by atoms with van der Waals surface area (Å²) >= 11 is 1.67. The molecule has 0 saturated heterocycles. The third-order valence-electron chi connectivity index (χ3n) is 2.82. The molecule has 0 aliphatic rings. The van der Waals surface area contributed by atoms with Gasteiger partial charge in [-0.15, -0.1) is 11.3 Å². The average molecular weight is 288 g/mol. The molecule has 3 aromatic heterocycles. The molecule has 104 valence electrons. The molecule has 3 aromatic rings.